The Hall–Kier alpha value is -3.41. The first kappa shape index (κ1) is 18.4. The number of carbonyl (C=O) groups is 2. The lowest BCUT2D eigenvalue weighted by atomic mass is 10.1. The van der Waals surface area contributed by atoms with E-state index in [9.17, 15) is 9.59 Å². The Morgan fingerprint density at radius 3 is 2.30 bits per heavy atom. The molecule has 0 atom stereocenters. The van der Waals surface area contributed by atoms with Crippen molar-refractivity contribution in [2.45, 2.75) is 27.3 Å². The van der Waals surface area contributed by atoms with Crippen LogP contribution in [0.15, 0.2) is 54.6 Å². The van der Waals surface area contributed by atoms with E-state index < -0.39 is 0 Å². The topological polar surface area (TPSA) is 76.0 Å². The van der Waals surface area contributed by atoms with Crippen LogP contribution in [0.4, 0.5) is 5.82 Å². The Morgan fingerprint density at radius 1 is 1.00 bits per heavy atom. The molecule has 0 saturated heterocycles. The maximum atomic E-state index is 12.4. The molecule has 0 fully saturated rings. The summed E-state index contributed by atoms with van der Waals surface area (Å²) in [6, 6.07) is 16.9. The number of nitrogens with zero attached hydrogens (tertiary/aromatic N) is 2. The number of carbonyl (C=O) groups excluding carboxylic acids is 2. The van der Waals surface area contributed by atoms with Gasteiger partial charge in [0.25, 0.3) is 5.91 Å². The number of hydrogen-bond acceptors (Lipinski definition) is 3. The van der Waals surface area contributed by atoms with Crippen molar-refractivity contribution in [1.82, 2.24) is 15.1 Å². The molecule has 2 aromatic carbocycles. The molecule has 27 heavy (non-hydrogen) atoms. The van der Waals surface area contributed by atoms with Gasteiger partial charge in [-0.05, 0) is 43.7 Å². The Balaban J connectivity index is 1.70. The molecule has 0 unspecified atom stereocenters. The van der Waals surface area contributed by atoms with Gasteiger partial charge in [-0.1, -0.05) is 29.8 Å². The van der Waals surface area contributed by atoms with Gasteiger partial charge in [0.1, 0.15) is 5.82 Å². The molecule has 1 aromatic heterocycles. The van der Waals surface area contributed by atoms with Crippen LogP contribution in [-0.4, -0.2) is 21.6 Å². The van der Waals surface area contributed by atoms with Gasteiger partial charge in [-0.3, -0.25) is 9.59 Å². The van der Waals surface area contributed by atoms with Crippen molar-refractivity contribution in [3.63, 3.8) is 0 Å². The van der Waals surface area contributed by atoms with Gasteiger partial charge in [0.15, 0.2) is 0 Å². The third-order valence-corrected chi connectivity index (χ3v) is 4.08. The molecule has 138 valence electrons. The van der Waals surface area contributed by atoms with Crippen molar-refractivity contribution in [3.8, 4) is 5.69 Å². The number of rotatable bonds is 5. The number of nitrogens with one attached hydrogen (secondary N) is 2. The van der Waals surface area contributed by atoms with Crippen LogP contribution in [-0.2, 0) is 11.3 Å². The number of hydrogen-bond donors (Lipinski definition) is 2. The van der Waals surface area contributed by atoms with Crippen LogP contribution >= 0.6 is 0 Å². The van der Waals surface area contributed by atoms with E-state index in [1.54, 1.807) is 35.0 Å². The first-order valence-corrected chi connectivity index (χ1v) is 8.71. The Morgan fingerprint density at radius 2 is 1.67 bits per heavy atom. The quantitative estimate of drug-likeness (QED) is 0.731. The van der Waals surface area contributed by atoms with Crippen LogP contribution in [0.1, 0.15) is 34.1 Å². The molecule has 0 aliphatic carbocycles. The molecule has 1 heterocycles. The van der Waals surface area contributed by atoms with E-state index in [0.717, 1.165) is 16.9 Å². The van der Waals surface area contributed by atoms with Crippen molar-refractivity contribution in [3.05, 3.63) is 77.0 Å². The highest BCUT2D eigenvalue weighted by atomic mass is 16.2. The number of anilines is 1. The summed E-state index contributed by atoms with van der Waals surface area (Å²) in [6.45, 7) is 5.82. The van der Waals surface area contributed by atoms with E-state index >= 15 is 0 Å². The highest BCUT2D eigenvalue weighted by Crippen LogP contribution is 2.18. The number of aromatic nitrogens is 2. The fourth-order valence-corrected chi connectivity index (χ4v) is 2.71. The van der Waals surface area contributed by atoms with Crippen LogP contribution in [0, 0.1) is 13.8 Å². The summed E-state index contributed by atoms with van der Waals surface area (Å²) < 4.78 is 1.64. The first-order valence-electron chi connectivity index (χ1n) is 8.71. The van der Waals surface area contributed by atoms with Gasteiger partial charge in [-0.15, -0.1) is 0 Å². The first-order chi connectivity index (χ1) is 12.9. The van der Waals surface area contributed by atoms with E-state index in [4.69, 9.17) is 0 Å². The molecule has 6 nitrogen and oxygen atoms in total. The van der Waals surface area contributed by atoms with Gasteiger partial charge in [-0.25, -0.2) is 4.68 Å². The van der Waals surface area contributed by atoms with Crippen molar-refractivity contribution in [1.29, 1.82) is 0 Å². The molecule has 0 spiro atoms. The van der Waals surface area contributed by atoms with E-state index in [2.05, 4.69) is 15.7 Å². The Labute approximate surface area is 158 Å². The SMILES string of the molecule is CC(=O)Nc1cc(C)nn1-c1ccc(C(=O)NCc2ccc(C)cc2)cc1. The third-order valence-electron chi connectivity index (χ3n) is 4.08. The molecule has 2 amide bonds. The number of aryl methyl sites for hydroxylation is 2. The average molecular weight is 362 g/mol. The minimum Gasteiger partial charge on any atom is -0.348 e. The van der Waals surface area contributed by atoms with Crippen LogP contribution in [0.5, 0.6) is 0 Å². The zero-order valence-electron chi connectivity index (χ0n) is 15.6. The zero-order valence-corrected chi connectivity index (χ0v) is 15.6. The molecule has 0 aliphatic rings. The second-order valence-corrected chi connectivity index (χ2v) is 6.48. The van der Waals surface area contributed by atoms with Gasteiger partial charge >= 0.3 is 0 Å². The molecule has 0 bridgehead atoms. The summed E-state index contributed by atoms with van der Waals surface area (Å²) in [4.78, 5) is 23.7. The minimum absolute atomic E-state index is 0.138. The van der Waals surface area contributed by atoms with E-state index in [1.165, 1.54) is 12.5 Å². The van der Waals surface area contributed by atoms with Gasteiger partial charge in [0.05, 0.1) is 11.4 Å². The highest BCUT2D eigenvalue weighted by molar-refractivity contribution is 5.94. The summed E-state index contributed by atoms with van der Waals surface area (Å²) >= 11 is 0. The monoisotopic (exact) mass is 362 g/mol. The second kappa shape index (κ2) is 7.86. The lowest BCUT2D eigenvalue weighted by Gasteiger charge is -2.09. The Bertz CT molecular complexity index is 957. The average Bonchev–Trinajstić information content (AvgIpc) is 3.00. The molecular formula is C21H22N4O2. The molecular weight excluding hydrogens is 340 g/mol. The molecule has 0 aliphatic heterocycles. The summed E-state index contributed by atoms with van der Waals surface area (Å²) in [6.07, 6.45) is 0. The summed E-state index contributed by atoms with van der Waals surface area (Å²) in [5.41, 5.74) is 4.36. The maximum absolute atomic E-state index is 12.4. The van der Waals surface area contributed by atoms with Crippen LogP contribution in [0.2, 0.25) is 0 Å². The zero-order chi connectivity index (χ0) is 19.4. The lowest BCUT2D eigenvalue weighted by Crippen LogP contribution is -2.22. The summed E-state index contributed by atoms with van der Waals surface area (Å²) in [5, 5.41) is 10.1. The predicted molar refractivity (Wildman–Crippen MR) is 105 cm³/mol. The molecule has 3 aromatic rings. The van der Waals surface area contributed by atoms with Crippen LogP contribution in [0.25, 0.3) is 5.69 Å². The van der Waals surface area contributed by atoms with Crippen molar-refractivity contribution < 1.29 is 9.59 Å². The van der Waals surface area contributed by atoms with Gasteiger partial charge in [0.2, 0.25) is 5.91 Å². The standard InChI is InChI=1S/C21H22N4O2/c1-14-4-6-17(7-5-14)13-22-21(27)18-8-10-19(11-9-18)25-20(23-16(3)26)12-15(2)24-25/h4-12H,13H2,1-3H3,(H,22,27)(H,23,26). The van der Waals surface area contributed by atoms with Gasteiger partial charge < -0.3 is 10.6 Å². The third kappa shape index (κ3) is 4.61. The van der Waals surface area contributed by atoms with E-state index in [-0.39, 0.29) is 11.8 Å². The van der Waals surface area contributed by atoms with Crippen molar-refractivity contribution in [2.75, 3.05) is 5.32 Å². The fraction of sp³-hybridized carbons (Fsp3) is 0.190. The van der Waals surface area contributed by atoms with Crippen LogP contribution < -0.4 is 10.6 Å². The fourth-order valence-electron chi connectivity index (χ4n) is 2.71. The lowest BCUT2D eigenvalue weighted by molar-refractivity contribution is -0.114. The normalized spacial score (nSPS) is 10.5. The maximum Gasteiger partial charge on any atom is 0.251 e. The number of benzene rings is 2. The number of amides is 2. The molecule has 0 radical (unpaired) electrons. The van der Waals surface area contributed by atoms with Crippen molar-refractivity contribution >= 4 is 17.6 Å². The Kier molecular flexibility index (Phi) is 5.35. The molecule has 0 saturated carbocycles. The molecule has 6 heteroatoms. The summed E-state index contributed by atoms with van der Waals surface area (Å²) in [7, 11) is 0. The van der Waals surface area contributed by atoms with E-state index in [1.807, 2.05) is 38.1 Å². The molecule has 2 N–H and O–H groups in total. The second-order valence-electron chi connectivity index (χ2n) is 6.48. The highest BCUT2D eigenvalue weighted by Gasteiger charge is 2.10. The van der Waals surface area contributed by atoms with Gasteiger partial charge in [-0.2, -0.15) is 5.10 Å². The molecule has 3 rings (SSSR count). The summed E-state index contributed by atoms with van der Waals surface area (Å²) in [5.74, 6) is 0.292. The van der Waals surface area contributed by atoms with Crippen LogP contribution in [0.3, 0.4) is 0 Å². The minimum atomic E-state index is -0.164. The predicted octanol–water partition coefficient (Wildman–Crippen LogP) is 3.38. The van der Waals surface area contributed by atoms with Crippen molar-refractivity contribution in [2.24, 2.45) is 0 Å². The smallest absolute Gasteiger partial charge is 0.251 e. The van der Waals surface area contributed by atoms with Gasteiger partial charge in [0, 0.05) is 25.1 Å². The largest absolute Gasteiger partial charge is 0.348 e. The van der Waals surface area contributed by atoms with E-state index in [0.29, 0.717) is 17.9 Å².